The Morgan fingerprint density at radius 2 is 1.79 bits per heavy atom. The molecule has 3 aromatic rings. The number of sulfonamides is 1. The van der Waals surface area contributed by atoms with Gasteiger partial charge in [-0.2, -0.15) is 13.2 Å². The van der Waals surface area contributed by atoms with Crippen molar-refractivity contribution in [1.29, 1.82) is 0 Å². The van der Waals surface area contributed by atoms with Crippen molar-refractivity contribution in [3.8, 4) is 11.7 Å². The molecule has 2 N–H and O–H groups in total. The van der Waals surface area contributed by atoms with E-state index in [-0.39, 0.29) is 33.7 Å². The molecule has 0 saturated carbocycles. The van der Waals surface area contributed by atoms with Gasteiger partial charge in [-0.05, 0) is 31.2 Å². The van der Waals surface area contributed by atoms with Gasteiger partial charge in [0, 0.05) is 16.9 Å². The van der Waals surface area contributed by atoms with Crippen molar-refractivity contribution in [2.45, 2.75) is 13.1 Å². The normalized spacial score (nSPS) is 11.8. The molecule has 0 saturated heterocycles. The van der Waals surface area contributed by atoms with E-state index in [2.05, 4.69) is 20.0 Å². The predicted octanol–water partition coefficient (Wildman–Crippen LogP) is 3.96. The maximum Gasteiger partial charge on any atom is 0.431 e. The number of nitrogens with one attached hydrogen (secondary N) is 2. The van der Waals surface area contributed by atoms with Gasteiger partial charge in [-0.25, -0.2) is 18.4 Å². The molecule has 3 rings (SSSR count). The molecular weight excluding hydrogens is 487 g/mol. The van der Waals surface area contributed by atoms with Gasteiger partial charge in [-0.15, -0.1) is 0 Å². The first-order valence-electron chi connectivity index (χ1n) is 9.20. The number of amides is 1. The Morgan fingerprint density at radius 1 is 1.15 bits per heavy atom. The van der Waals surface area contributed by atoms with Crippen molar-refractivity contribution in [2.75, 3.05) is 22.9 Å². The minimum absolute atomic E-state index is 0.0663. The number of nitrogens with zero attached hydrogens (tertiary/aromatic N) is 3. The van der Waals surface area contributed by atoms with Crippen molar-refractivity contribution in [3.05, 3.63) is 59.1 Å². The molecule has 0 unspecified atom stereocenters. The molecule has 0 fully saturated rings. The summed E-state index contributed by atoms with van der Waals surface area (Å²) in [6.07, 6.45) is -0.504. The number of rotatable bonds is 7. The summed E-state index contributed by atoms with van der Waals surface area (Å²) in [7, 11) is -3.62. The van der Waals surface area contributed by atoms with E-state index in [1.54, 1.807) is 6.92 Å². The van der Waals surface area contributed by atoms with Gasteiger partial charge in [0.05, 0.1) is 36.5 Å². The number of benzene rings is 1. The summed E-state index contributed by atoms with van der Waals surface area (Å²) in [5, 5.41) is 2.49. The van der Waals surface area contributed by atoms with E-state index in [9.17, 15) is 26.4 Å². The van der Waals surface area contributed by atoms with Crippen LogP contribution in [-0.2, 0) is 16.2 Å². The molecule has 1 amide bonds. The quantitative estimate of drug-likeness (QED) is 0.504. The van der Waals surface area contributed by atoms with Crippen LogP contribution in [0.2, 0.25) is 5.02 Å². The number of ether oxygens (including phenoxy) is 1. The summed E-state index contributed by atoms with van der Waals surface area (Å²) in [4.78, 5) is 20.4. The van der Waals surface area contributed by atoms with E-state index < -0.39 is 27.8 Å². The van der Waals surface area contributed by atoms with E-state index in [0.29, 0.717) is 17.2 Å². The van der Waals surface area contributed by atoms with Gasteiger partial charge >= 0.3 is 6.18 Å². The molecule has 0 spiro atoms. The highest BCUT2D eigenvalue weighted by molar-refractivity contribution is 7.92. The van der Waals surface area contributed by atoms with Crippen molar-refractivity contribution in [2.24, 2.45) is 0 Å². The van der Waals surface area contributed by atoms with Gasteiger partial charge in [0.15, 0.2) is 5.75 Å². The van der Waals surface area contributed by atoms with Crippen molar-refractivity contribution in [1.82, 2.24) is 14.5 Å². The lowest BCUT2D eigenvalue weighted by Gasteiger charge is -2.10. The maximum absolute atomic E-state index is 13.6. The molecule has 176 valence electrons. The van der Waals surface area contributed by atoms with Crippen molar-refractivity contribution < 1.29 is 31.1 Å². The monoisotopic (exact) mass is 503 g/mol. The molecule has 0 radical (unpaired) electrons. The Morgan fingerprint density at radius 3 is 2.36 bits per heavy atom. The molecule has 33 heavy (non-hydrogen) atoms. The number of halogens is 4. The number of hydrogen-bond acceptors (Lipinski definition) is 6. The van der Waals surface area contributed by atoms with Gasteiger partial charge in [0.2, 0.25) is 16.0 Å². The number of alkyl halides is 3. The molecule has 0 aliphatic carbocycles. The predicted molar refractivity (Wildman–Crippen MR) is 115 cm³/mol. The van der Waals surface area contributed by atoms with Crippen molar-refractivity contribution in [3.63, 3.8) is 0 Å². The number of hydrogen-bond donors (Lipinski definition) is 2. The molecule has 0 aliphatic rings. The molecule has 9 nitrogen and oxygen atoms in total. The van der Waals surface area contributed by atoms with Crippen LogP contribution >= 0.6 is 11.6 Å². The Hall–Kier alpha value is -3.32. The molecule has 1 aromatic carbocycles. The lowest BCUT2D eigenvalue weighted by molar-refractivity contribution is -0.142. The highest BCUT2D eigenvalue weighted by Gasteiger charge is 2.36. The van der Waals surface area contributed by atoms with E-state index in [1.807, 2.05) is 0 Å². The molecular formula is C19H17ClF3N5O4S. The summed E-state index contributed by atoms with van der Waals surface area (Å²) in [6.45, 7) is 2.06. The fraction of sp³-hybridized carbons (Fsp3) is 0.211. The molecule has 0 bridgehead atoms. The van der Waals surface area contributed by atoms with Crippen LogP contribution < -0.4 is 14.8 Å². The Kier molecular flexibility index (Phi) is 6.84. The third-order valence-corrected chi connectivity index (χ3v) is 4.80. The Bertz CT molecular complexity index is 1280. The summed E-state index contributed by atoms with van der Waals surface area (Å²) in [5.74, 6) is -0.927. The van der Waals surface area contributed by atoms with Gasteiger partial charge in [-0.1, -0.05) is 11.6 Å². The average Bonchev–Trinajstić information content (AvgIpc) is 3.13. The summed E-state index contributed by atoms with van der Waals surface area (Å²) in [5.41, 5.74) is -1.37. The van der Waals surface area contributed by atoms with Crippen molar-refractivity contribution >= 4 is 38.9 Å². The van der Waals surface area contributed by atoms with Crippen LogP contribution in [0.25, 0.3) is 5.95 Å². The summed E-state index contributed by atoms with van der Waals surface area (Å²) >= 11 is 5.95. The molecule has 0 atom stereocenters. The number of anilines is 2. The fourth-order valence-electron chi connectivity index (χ4n) is 2.78. The SMILES string of the molecule is CCOc1cnc(-n2cc(C(=O)Nc3cc(Cl)cc(NS(C)(=O)=O)c3)cc2C(F)(F)F)nc1. The Balaban J connectivity index is 1.93. The van der Waals surface area contributed by atoms with Gasteiger partial charge in [-0.3, -0.25) is 14.1 Å². The van der Waals surface area contributed by atoms with E-state index in [1.165, 1.54) is 30.6 Å². The zero-order chi connectivity index (χ0) is 24.4. The molecule has 2 aromatic heterocycles. The molecule has 2 heterocycles. The average molecular weight is 504 g/mol. The van der Waals surface area contributed by atoms with Gasteiger partial charge in [0.25, 0.3) is 5.91 Å². The zero-order valence-electron chi connectivity index (χ0n) is 17.1. The number of carbonyl (C=O) groups is 1. The number of carbonyl (C=O) groups excluding carboxylic acids is 1. The lowest BCUT2D eigenvalue weighted by atomic mass is 10.2. The maximum atomic E-state index is 13.6. The smallest absolute Gasteiger partial charge is 0.431 e. The lowest BCUT2D eigenvalue weighted by Crippen LogP contribution is -2.13. The highest BCUT2D eigenvalue weighted by Crippen LogP contribution is 2.33. The standard InChI is InChI=1S/C19H17ClF3N5O4S/c1-3-32-15-8-24-18(25-9-15)28-10-11(4-16(28)19(21,22)23)17(29)26-13-5-12(20)6-14(7-13)27-33(2,30)31/h4-10,27H,3H2,1-2H3,(H,26,29). The molecule has 0 aliphatic heterocycles. The third-order valence-electron chi connectivity index (χ3n) is 3.97. The minimum Gasteiger partial charge on any atom is -0.491 e. The second kappa shape index (κ2) is 9.27. The summed E-state index contributed by atoms with van der Waals surface area (Å²) < 4.78 is 71.6. The van der Waals surface area contributed by atoms with Crippen LogP contribution in [0.15, 0.2) is 42.9 Å². The highest BCUT2D eigenvalue weighted by atomic mass is 35.5. The first-order chi connectivity index (χ1) is 15.4. The topological polar surface area (TPSA) is 115 Å². The largest absolute Gasteiger partial charge is 0.491 e. The number of aromatic nitrogens is 3. The van der Waals surface area contributed by atoms with Crippen LogP contribution in [0.3, 0.4) is 0 Å². The first-order valence-corrected chi connectivity index (χ1v) is 11.5. The first kappa shape index (κ1) is 24.3. The molecule has 14 heteroatoms. The van der Waals surface area contributed by atoms with Crippen LogP contribution in [0.4, 0.5) is 24.5 Å². The summed E-state index contributed by atoms with van der Waals surface area (Å²) in [6, 6.07) is 4.53. The second-order valence-corrected chi connectivity index (χ2v) is 8.88. The van der Waals surface area contributed by atoms with Crippen LogP contribution in [-0.4, -0.2) is 41.7 Å². The minimum atomic E-state index is -4.80. The third kappa shape index (κ3) is 6.35. The van der Waals surface area contributed by atoms with E-state index in [4.69, 9.17) is 16.3 Å². The van der Waals surface area contributed by atoms with Crippen LogP contribution in [0.5, 0.6) is 5.75 Å². The fourth-order valence-corrected chi connectivity index (χ4v) is 3.56. The van der Waals surface area contributed by atoms with Crippen LogP contribution in [0.1, 0.15) is 23.0 Å². The van der Waals surface area contributed by atoms with Gasteiger partial charge in [0.1, 0.15) is 5.69 Å². The van der Waals surface area contributed by atoms with E-state index in [0.717, 1.165) is 12.5 Å². The van der Waals surface area contributed by atoms with Crippen LogP contribution in [0, 0.1) is 0 Å². The Labute approximate surface area is 191 Å². The van der Waals surface area contributed by atoms with E-state index >= 15 is 0 Å². The zero-order valence-corrected chi connectivity index (χ0v) is 18.7. The second-order valence-electron chi connectivity index (χ2n) is 6.69. The van der Waals surface area contributed by atoms with Gasteiger partial charge < -0.3 is 10.1 Å².